The predicted molar refractivity (Wildman–Crippen MR) is 151 cm³/mol. The molecule has 216 valence electrons. The van der Waals surface area contributed by atoms with Gasteiger partial charge in [-0.1, -0.05) is 25.7 Å². The van der Waals surface area contributed by atoms with Crippen molar-refractivity contribution < 1.29 is 28.1 Å². The van der Waals surface area contributed by atoms with E-state index in [-0.39, 0.29) is 23.0 Å². The molecule has 9 heteroatoms. The molecule has 0 spiro atoms. The third kappa shape index (κ3) is 9.46. The number of aliphatic hydroxyl groups excluding tert-OH is 2. The number of nitrogens with zero attached hydrogens (tertiary/aromatic N) is 2. The molecule has 0 amide bonds. The minimum Gasteiger partial charge on any atom is -0.491 e. The minimum absolute atomic E-state index is 0.163. The average Bonchev–Trinajstić information content (AvgIpc) is 3.36. The van der Waals surface area contributed by atoms with Gasteiger partial charge in [-0.15, -0.1) is 0 Å². The lowest BCUT2D eigenvalue weighted by molar-refractivity contribution is 0.0693. The molecule has 0 radical (unpaired) electrons. The van der Waals surface area contributed by atoms with Gasteiger partial charge in [0.05, 0.1) is 9.79 Å². The number of likely N-dealkylation sites (tertiary alicyclic amines) is 2. The van der Waals surface area contributed by atoms with Crippen molar-refractivity contribution >= 4 is 9.84 Å². The van der Waals surface area contributed by atoms with E-state index >= 15 is 0 Å². The van der Waals surface area contributed by atoms with Crippen LogP contribution in [0.4, 0.5) is 0 Å². The van der Waals surface area contributed by atoms with Crippen LogP contribution in [0.1, 0.15) is 51.4 Å². The summed E-state index contributed by atoms with van der Waals surface area (Å²) in [6, 6.07) is 12.6. The molecule has 0 saturated carbocycles. The molecular formula is C30H44N2O6S. The Bertz CT molecular complexity index is 996. The highest BCUT2D eigenvalue weighted by molar-refractivity contribution is 7.91. The third-order valence-corrected chi connectivity index (χ3v) is 9.27. The molecule has 2 N–H and O–H groups in total. The first-order valence-corrected chi connectivity index (χ1v) is 15.9. The maximum absolute atomic E-state index is 13.1. The molecule has 0 aromatic heterocycles. The van der Waals surface area contributed by atoms with Crippen molar-refractivity contribution in [1.82, 2.24) is 9.80 Å². The summed E-state index contributed by atoms with van der Waals surface area (Å²) >= 11 is 0. The molecule has 2 aromatic rings. The van der Waals surface area contributed by atoms with Gasteiger partial charge in [0.1, 0.15) is 36.9 Å². The highest BCUT2D eigenvalue weighted by Gasteiger charge is 2.19. The van der Waals surface area contributed by atoms with Crippen LogP contribution in [0.25, 0.3) is 0 Å². The molecule has 2 saturated heterocycles. The number of sulfone groups is 1. The molecule has 2 fully saturated rings. The zero-order valence-corrected chi connectivity index (χ0v) is 23.7. The van der Waals surface area contributed by atoms with Gasteiger partial charge >= 0.3 is 0 Å². The van der Waals surface area contributed by atoms with Gasteiger partial charge in [0.25, 0.3) is 0 Å². The smallest absolute Gasteiger partial charge is 0.206 e. The quantitative estimate of drug-likeness (QED) is 0.405. The third-order valence-electron chi connectivity index (χ3n) is 7.49. The molecule has 8 nitrogen and oxygen atoms in total. The maximum atomic E-state index is 13.1. The van der Waals surface area contributed by atoms with Gasteiger partial charge in [-0.2, -0.15) is 0 Å². The SMILES string of the molecule is O=S(=O)(c1ccc(OC[C@@H](O)CN2CCCCCC2)cc1)c1ccc(OC[C@@H](O)CN2CCCCCC2)cc1. The van der Waals surface area contributed by atoms with Crippen LogP contribution >= 0.6 is 0 Å². The molecular weight excluding hydrogens is 516 g/mol. The van der Waals surface area contributed by atoms with E-state index < -0.39 is 22.0 Å². The summed E-state index contributed by atoms with van der Waals surface area (Å²) in [7, 11) is -3.70. The van der Waals surface area contributed by atoms with Crippen LogP contribution in [0.15, 0.2) is 58.3 Å². The lowest BCUT2D eigenvalue weighted by Crippen LogP contribution is -2.36. The van der Waals surface area contributed by atoms with Crippen molar-refractivity contribution in [3.05, 3.63) is 48.5 Å². The van der Waals surface area contributed by atoms with Gasteiger partial charge in [-0.05, 0) is 100 Å². The van der Waals surface area contributed by atoms with Crippen LogP contribution in [0.2, 0.25) is 0 Å². The number of hydrogen-bond donors (Lipinski definition) is 2. The van der Waals surface area contributed by atoms with E-state index in [4.69, 9.17) is 9.47 Å². The monoisotopic (exact) mass is 560 g/mol. The van der Waals surface area contributed by atoms with Crippen molar-refractivity contribution in [2.75, 3.05) is 52.5 Å². The molecule has 2 aliphatic heterocycles. The molecule has 2 heterocycles. The molecule has 4 rings (SSSR count). The summed E-state index contributed by atoms with van der Waals surface area (Å²) in [6.45, 7) is 5.55. The van der Waals surface area contributed by atoms with E-state index in [2.05, 4.69) is 9.80 Å². The van der Waals surface area contributed by atoms with E-state index in [0.717, 1.165) is 26.2 Å². The first-order valence-electron chi connectivity index (χ1n) is 14.4. The summed E-state index contributed by atoms with van der Waals surface area (Å²) in [5, 5.41) is 20.7. The standard InChI is InChI=1S/C30H44N2O6S/c33-25(21-31-17-5-1-2-6-18-31)23-37-27-9-13-29(14-10-27)39(35,36)30-15-11-28(12-16-30)38-24-26(34)22-32-19-7-3-4-8-20-32/h9-16,25-26,33-34H,1-8,17-24H2/t25-,26-/m0/s1. The van der Waals surface area contributed by atoms with Gasteiger partial charge in [0.15, 0.2) is 0 Å². The topological polar surface area (TPSA) is 99.5 Å². The largest absolute Gasteiger partial charge is 0.491 e. The average molecular weight is 561 g/mol. The van der Waals surface area contributed by atoms with Crippen LogP contribution in [0.5, 0.6) is 11.5 Å². The van der Waals surface area contributed by atoms with Crippen LogP contribution in [-0.2, 0) is 9.84 Å². The van der Waals surface area contributed by atoms with Gasteiger partial charge in [-0.25, -0.2) is 8.42 Å². The fourth-order valence-electron chi connectivity index (χ4n) is 5.29. The zero-order valence-electron chi connectivity index (χ0n) is 22.9. The second-order valence-corrected chi connectivity index (χ2v) is 12.8. The number of β-amino-alcohol motifs (C(OH)–C–C–N with tert-alkyl or cyclic N) is 2. The molecule has 0 bridgehead atoms. The van der Waals surface area contributed by atoms with E-state index in [1.807, 2.05) is 0 Å². The first kappa shape index (κ1) is 29.8. The Balaban J connectivity index is 1.24. The highest BCUT2D eigenvalue weighted by atomic mass is 32.2. The number of ether oxygens (including phenoxy) is 2. The van der Waals surface area contributed by atoms with Crippen LogP contribution in [-0.4, -0.2) is 93.1 Å². The van der Waals surface area contributed by atoms with Crippen molar-refractivity contribution in [1.29, 1.82) is 0 Å². The maximum Gasteiger partial charge on any atom is 0.206 e. The van der Waals surface area contributed by atoms with Crippen LogP contribution < -0.4 is 9.47 Å². The molecule has 2 atom stereocenters. The first-order chi connectivity index (χ1) is 18.9. The summed E-state index contributed by atoms with van der Waals surface area (Å²) in [5.74, 6) is 1.04. The lowest BCUT2D eigenvalue weighted by Gasteiger charge is -2.23. The highest BCUT2D eigenvalue weighted by Crippen LogP contribution is 2.25. The summed E-state index contributed by atoms with van der Waals surface area (Å²) < 4.78 is 37.7. The summed E-state index contributed by atoms with van der Waals surface area (Å²) in [4.78, 5) is 4.90. The molecule has 0 aliphatic carbocycles. The lowest BCUT2D eigenvalue weighted by atomic mass is 10.2. The van der Waals surface area contributed by atoms with Crippen molar-refractivity contribution in [3.63, 3.8) is 0 Å². The second kappa shape index (κ2) is 15.0. The Hall–Kier alpha value is -2.17. The Kier molecular flexibility index (Phi) is 11.5. The molecule has 39 heavy (non-hydrogen) atoms. The van der Waals surface area contributed by atoms with Crippen LogP contribution in [0, 0.1) is 0 Å². The molecule has 2 aromatic carbocycles. The zero-order chi connectivity index (χ0) is 27.5. The Morgan fingerprint density at radius 1 is 0.590 bits per heavy atom. The minimum atomic E-state index is -3.70. The van der Waals surface area contributed by atoms with Gasteiger partial charge in [0.2, 0.25) is 9.84 Å². The number of hydrogen-bond acceptors (Lipinski definition) is 8. The van der Waals surface area contributed by atoms with E-state index in [0.29, 0.717) is 24.6 Å². The molecule has 2 aliphatic rings. The Morgan fingerprint density at radius 2 is 0.923 bits per heavy atom. The summed E-state index contributed by atoms with van der Waals surface area (Å²) in [6.07, 6.45) is 8.48. The Labute approximate surface area is 233 Å². The number of rotatable bonds is 12. The molecule has 0 unspecified atom stereocenters. The van der Waals surface area contributed by atoms with Crippen molar-refractivity contribution in [2.24, 2.45) is 0 Å². The van der Waals surface area contributed by atoms with E-state index in [1.54, 1.807) is 24.3 Å². The van der Waals surface area contributed by atoms with E-state index in [1.165, 1.54) is 75.6 Å². The summed E-state index contributed by atoms with van der Waals surface area (Å²) in [5.41, 5.74) is 0. The Morgan fingerprint density at radius 3 is 1.26 bits per heavy atom. The second-order valence-electron chi connectivity index (χ2n) is 10.8. The fraction of sp³-hybridized carbons (Fsp3) is 0.600. The predicted octanol–water partition coefficient (Wildman–Crippen LogP) is 3.75. The van der Waals surface area contributed by atoms with Crippen molar-refractivity contribution in [3.8, 4) is 11.5 Å². The number of aliphatic hydroxyl groups is 2. The normalized spacial score (nSPS) is 19.5. The van der Waals surface area contributed by atoms with Crippen molar-refractivity contribution in [2.45, 2.75) is 73.4 Å². The number of benzene rings is 2. The van der Waals surface area contributed by atoms with Gasteiger partial charge in [-0.3, -0.25) is 0 Å². The van der Waals surface area contributed by atoms with Gasteiger partial charge < -0.3 is 29.5 Å². The van der Waals surface area contributed by atoms with Gasteiger partial charge in [0, 0.05) is 13.1 Å². The van der Waals surface area contributed by atoms with E-state index in [9.17, 15) is 18.6 Å². The van der Waals surface area contributed by atoms with Crippen LogP contribution in [0.3, 0.4) is 0 Å². The fourth-order valence-corrected chi connectivity index (χ4v) is 6.55.